The van der Waals surface area contributed by atoms with Crippen molar-refractivity contribution in [2.24, 2.45) is 5.92 Å². The van der Waals surface area contributed by atoms with E-state index in [9.17, 15) is 9.90 Å². The number of aryl methyl sites for hydroxylation is 1. The molecule has 1 N–H and O–H groups in total. The van der Waals surface area contributed by atoms with Gasteiger partial charge in [0.1, 0.15) is 5.75 Å². The van der Waals surface area contributed by atoms with E-state index in [0.717, 1.165) is 29.7 Å². The topological polar surface area (TPSA) is 49.8 Å². The lowest BCUT2D eigenvalue weighted by Gasteiger charge is -2.34. The van der Waals surface area contributed by atoms with E-state index in [2.05, 4.69) is 0 Å². The number of nitrogens with zero attached hydrogens (tertiary/aromatic N) is 1. The first-order valence-corrected chi connectivity index (χ1v) is 8.77. The van der Waals surface area contributed by atoms with Gasteiger partial charge in [0.2, 0.25) is 0 Å². The first-order chi connectivity index (χ1) is 12.1. The summed E-state index contributed by atoms with van der Waals surface area (Å²) in [5, 5.41) is 10.6. The van der Waals surface area contributed by atoms with Gasteiger partial charge in [-0.3, -0.25) is 4.79 Å². The SMILES string of the molecule is COc1cc(C(=O)N2CCC(C(O)c3ccccc3)CC2)ccc1C. The molecule has 4 nitrogen and oxygen atoms in total. The summed E-state index contributed by atoms with van der Waals surface area (Å²) in [5.74, 6) is 0.963. The Balaban J connectivity index is 1.63. The fourth-order valence-electron chi connectivity index (χ4n) is 3.48. The molecule has 1 aliphatic heterocycles. The highest BCUT2D eigenvalue weighted by Crippen LogP contribution is 2.31. The third-order valence-electron chi connectivity index (χ3n) is 5.07. The Bertz CT molecular complexity index is 721. The molecule has 3 rings (SSSR count). The van der Waals surface area contributed by atoms with Crippen LogP contribution in [0.4, 0.5) is 0 Å². The Labute approximate surface area is 149 Å². The van der Waals surface area contributed by atoms with Crippen LogP contribution in [-0.4, -0.2) is 36.1 Å². The minimum atomic E-state index is -0.460. The van der Waals surface area contributed by atoms with Crippen LogP contribution in [0.15, 0.2) is 48.5 Å². The highest BCUT2D eigenvalue weighted by Gasteiger charge is 2.28. The molecule has 1 atom stereocenters. The van der Waals surface area contributed by atoms with Crippen LogP contribution in [-0.2, 0) is 0 Å². The molecule has 1 fully saturated rings. The van der Waals surface area contributed by atoms with Gasteiger partial charge in [-0.15, -0.1) is 0 Å². The van der Waals surface area contributed by atoms with Crippen molar-refractivity contribution in [3.63, 3.8) is 0 Å². The number of carbonyl (C=O) groups is 1. The Morgan fingerprint density at radius 2 is 1.84 bits per heavy atom. The molecule has 4 heteroatoms. The number of hydrogen-bond acceptors (Lipinski definition) is 3. The van der Waals surface area contributed by atoms with Crippen LogP contribution in [0.1, 0.15) is 40.4 Å². The summed E-state index contributed by atoms with van der Waals surface area (Å²) in [4.78, 5) is 14.6. The number of aliphatic hydroxyl groups is 1. The average Bonchev–Trinajstić information content (AvgIpc) is 2.68. The van der Waals surface area contributed by atoms with Crippen LogP contribution in [0.2, 0.25) is 0 Å². The largest absolute Gasteiger partial charge is 0.496 e. The maximum absolute atomic E-state index is 12.7. The highest BCUT2D eigenvalue weighted by atomic mass is 16.5. The molecule has 1 amide bonds. The monoisotopic (exact) mass is 339 g/mol. The van der Waals surface area contributed by atoms with Crippen molar-refractivity contribution < 1.29 is 14.6 Å². The van der Waals surface area contributed by atoms with Gasteiger partial charge < -0.3 is 14.7 Å². The minimum absolute atomic E-state index is 0.0333. The molecule has 2 aromatic carbocycles. The number of carbonyl (C=O) groups excluding carboxylic acids is 1. The van der Waals surface area contributed by atoms with E-state index in [-0.39, 0.29) is 11.8 Å². The van der Waals surface area contributed by atoms with Crippen molar-refractivity contribution in [1.29, 1.82) is 0 Å². The molecule has 1 aliphatic rings. The summed E-state index contributed by atoms with van der Waals surface area (Å²) in [7, 11) is 1.62. The standard InChI is InChI=1S/C21H25NO3/c1-15-8-9-18(14-19(15)25-2)21(24)22-12-10-17(11-13-22)20(23)16-6-4-3-5-7-16/h3-9,14,17,20,23H,10-13H2,1-2H3. The number of benzene rings is 2. The van der Waals surface area contributed by atoms with Gasteiger partial charge >= 0.3 is 0 Å². The van der Waals surface area contributed by atoms with Gasteiger partial charge in [0.25, 0.3) is 5.91 Å². The first kappa shape index (κ1) is 17.5. The predicted molar refractivity (Wildman–Crippen MR) is 97.8 cm³/mol. The zero-order chi connectivity index (χ0) is 17.8. The second-order valence-electron chi connectivity index (χ2n) is 6.67. The Kier molecular flexibility index (Phi) is 5.39. The van der Waals surface area contributed by atoms with Gasteiger partial charge in [-0.25, -0.2) is 0 Å². The van der Waals surface area contributed by atoms with Gasteiger partial charge in [-0.05, 0) is 48.9 Å². The van der Waals surface area contributed by atoms with E-state index >= 15 is 0 Å². The van der Waals surface area contributed by atoms with Gasteiger partial charge in [-0.1, -0.05) is 36.4 Å². The van der Waals surface area contributed by atoms with E-state index < -0.39 is 6.10 Å². The second kappa shape index (κ2) is 7.70. The molecular formula is C21H25NO3. The molecule has 1 heterocycles. The van der Waals surface area contributed by atoms with Crippen LogP contribution in [0.3, 0.4) is 0 Å². The maximum Gasteiger partial charge on any atom is 0.253 e. The number of methoxy groups -OCH3 is 1. The Morgan fingerprint density at radius 3 is 2.48 bits per heavy atom. The zero-order valence-corrected chi connectivity index (χ0v) is 14.8. The third kappa shape index (κ3) is 3.85. The number of rotatable bonds is 4. The molecule has 0 spiro atoms. The van der Waals surface area contributed by atoms with E-state index in [1.807, 2.05) is 60.4 Å². The van der Waals surface area contributed by atoms with E-state index in [4.69, 9.17) is 4.74 Å². The second-order valence-corrected chi connectivity index (χ2v) is 6.67. The molecule has 1 saturated heterocycles. The lowest BCUT2D eigenvalue weighted by molar-refractivity contribution is 0.0462. The fourth-order valence-corrected chi connectivity index (χ4v) is 3.48. The van der Waals surface area contributed by atoms with Gasteiger partial charge in [0.15, 0.2) is 0 Å². The van der Waals surface area contributed by atoms with Crippen LogP contribution in [0.25, 0.3) is 0 Å². The number of hydrogen-bond donors (Lipinski definition) is 1. The summed E-state index contributed by atoms with van der Waals surface area (Å²) < 4.78 is 5.32. The Morgan fingerprint density at radius 1 is 1.16 bits per heavy atom. The lowest BCUT2D eigenvalue weighted by atomic mass is 9.87. The summed E-state index contributed by atoms with van der Waals surface area (Å²) in [6, 6.07) is 15.3. The molecular weight excluding hydrogens is 314 g/mol. The van der Waals surface area contributed by atoms with Crippen molar-refractivity contribution in [1.82, 2.24) is 4.90 Å². The van der Waals surface area contributed by atoms with Crippen molar-refractivity contribution in [3.8, 4) is 5.75 Å². The number of piperidine rings is 1. The summed E-state index contributed by atoms with van der Waals surface area (Å²) in [6.07, 6.45) is 1.16. The molecule has 0 aromatic heterocycles. The molecule has 132 valence electrons. The molecule has 0 saturated carbocycles. The van der Waals surface area contributed by atoms with Crippen LogP contribution < -0.4 is 4.74 Å². The molecule has 2 aromatic rings. The quantitative estimate of drug-likeness (QED) is 0.926. The van der Waals surface area contributed by atoms with Gasteiger partial charge in [0, 0.05) is 18.7 Å². The summed E-state index contributed by atoms with van der Waals surface area (Å²) in [5.41, 5.74) is 2.63. The van der Waals surface area contributed by atoms with E-state index in [0.29, 0.717) is 18.7 Å². The smallest absolute Gasteiger partial charge is 0.253 e. The molecule has 0 radical (unpaired) electrons. The number of likely N-dealkylation sites (tertiary alicyclic amines) is 1. The van der Waals surface area contributed by atoms with Crippen LogP contribution in [0, 0.1) is 12.8 Å². The summed E-state index contributed by atoms with van der Waals surface area (Å²) >= 11 is 0. The van der Waals surface area contributed by atoms with Crippen molar-refractivity contribution in [2.75, 3.05) is 20.2 Å². The average molecular weight is 339 g/mol. The molecule has 0 aliphatic carbocycles. The van der Waals surface area contributed by atoms with E-state index in [1.54, 1.807) is 7.11 Å². The normalized spacial score (nSPS) is 16.5. The van der Waals surface area contributed by atoms with Crippen molar-refractivity contribution in [3.05, 3.63) is 65.2 Å². The lowest BCUT2D eigenvalue weighted by Crippen LogP contribution is -2.39. The highest BCUT2D eigenvalue weighted by molar-refractivity contribution is 5.94. The maximum atomic E-state index is 12.7. The predicted octanol–water partition coefficient (Wildman–Crippen LogP) is 3.59. The van der Waals surface area contributed by atoms with E-state index in [1.165, 1.54) is 0 Å². The van der Waals surface area contributed by atoms with Crippen LogP contribution >= 0.6 is 0 Å². The van der Waals surface area contributed by atoms with Gasteiger partial charge in [0.05, 0.1) is 13.2 Å². The number of amides is 1. The molecule has 0 bridgehead atoms. The Hall–Kier alpha value is -2.33. The molecule has 25 heavy (non-hydrogen) atoms. The molecule has 1 unspecified atom stereocenters. The first-order valence-electron chi connectivity index (χ1n) is 8.77. The number of ether oxygens (including phenoxy) is 1. The third-order valence-corrected chi connectivity index (χ3v) is 5.07. The minimum Gasteiger partial charge on any atom is -0.496 e. The fraction of sp³-hybridized carbons (Fsp3) is 0.381. The van der Waals surface area contributed by atoms with Crippen LogP contribution in [0.5, 0.6) is 5.75 Å². The summed E-state index contributed by atoms with van der Waals surface area (Å²) in [6.45, 7) is 3.30. The number of aliphatic hydroxyl groups excluding tert-OH is 1. The van der Waals surface area contributed by atoms with Crippen molar-refractivity contribution >= 4 is 5.91 Å². The zero-order valence-electron chi connectivity index (χ0n) is 14.8. The van der Waals surface area contributed by atoms with Crippen molar-refractivity contribution in [2.45, 2.75) is 25.9 Å². The van der Waals surface area contributed by atoms with Gasteiger partial charge in [-0.2, -0.15) is 0 Å².